The molecule has 0 radical (unpaired) electrons. The topological polar surface area (TPSA) is 87.3 Å². The number of anilines is 1. The monoisotopic (exact) mass is 339 g/mol. The van der Waals surface area contributed by atoms with Crippen LogP contribution in [0.25, 0.3) is 0 Å². The van der Waals surface area contributed by atoms with Crippen LogP contribution >= 0.6 is 15.9 Å². The lowest BCUT2D eigenvalue weighted by atomic mass is 10.0. The summed E-state index contributed by atoms with van der Waals surface area (Å²) in [6.45, 7) is 1.89. The van der Waals surface area contributed by atoms with E-state index in [4.69, 9.17) is 0 Å². The average molecular weight is 340 g/mol. The molecule has 1 aliphatic rings. The molecule has 106 valence electrons. The van der Waals surface area contributed by atoms with E-state index < -0.39 is 5.92 Å². The minimum absolute atomic E-state index is 0.112. The Hall–Kier alpha value is -1.89. The third-order valence-electron chi connectivity index (χ3n) is 3.06. The van der Waals surface area contributed by atoms with Gasteiger partial charge in [0.2, 0.25) is 5.91 Å². The van der Waals surface area contributed by atoms with Crippen LogP contribution in [0.15, 0.2) is 22.7 Å². The summed E-state index contributed by atoms with van der Waals surface area (Å²) in [6, 6.07) is 5.53. The van der Waals surface area contributed by atoms with Crippen molar-refractivity contribution in [3.63, 3.8) is 0 Å². The molecule has 7 heteroatoms. The highest BCUT2D eigenvalue weighted by Gasteiger charge is 2.32. The second-order valence-electron chi connectivity index (χ2n) is 4.58. The first-order valence-corrected chi connectivity index (χ1v) is 6.92. The second kappa shape index (κ2) is 6.04. The number of nitrogens with one attached hydrogen (secondary N) is 3. The van der Waals surface area contributed by atoms with Crippen molar-refractivity contribution in [1.82, 2.24) is 10.9 Å². The third kappa shape index (κ3) is 3.36. The molecule has 1 fully saturated rings. The maximum atomic E-state index is 11.8. The smallest absolute Gasteiger partial charge is 0.251 e. The van der Waals surface area contributed by atoms with Crippen LogP contribution in [0, 0.1) is 12.8 Å². The van der Waals surface area contributed by atoms with Crippen molar-refractivity contribution in [3.8, 4) is 0 Å². The standard InChI is InChI=1S/C13H14BrN3O3/c1-7-6-8(14)2-4-10(7)15-11(18)5-3-9-12(19)16-17-13(9)20/h2,4,6,9H,3,5H2,1H3,(H,15,18)(H,16,19)(H,17,20). The number of amides is 3. The van der Waals surface area contributed by atoms with Crippen LogP contribution in [0.5, 0.6) is 0 Å². The Bertz CT molecular complexity index is 558. The molecule has 2 rings (SSSR count). The predicted molar refractivity (Wildman–Crippen MR) is 76.5 cm³/mol. The first-order valence-electron chi connectivity index (χ1n) is 6.13. The van der Waals surface area contributed by atoms with Crippen molar-refractivity contribution in [3.05, 3.63) is 28.2 Å². The van der Waals surface area contributed by atoms with Crippen LogP contribution in [0.2, 0.25) is 0 Å². The van der Waals surface area contributed by atoms with E-state index in [-0.39, 0.29) is 30.6 Å². The van der Waals surface area contributed by atoms with Crippen molar-refractivity contribution in [2.75, 3.05) is 5.32 Å². The molecular weight excluding hydrogens is 326 g/mol. The quantitative estimate of drug-likeness (QED) is 0.721. The summed E-state index contributed by atoms with van der Waals surface area (Å²) in [5, 5.41) is 2.77. The Balaban J connectivity index is 1.89. The van der Waals surface area contributed by atoms with Gasteiger partial charge in [-0.3, -0.25) is 25.2 Å². The van der Waals surface area contributed by atoms with E-state index in [2.05, 4.69) is 32.1 Å². The minimum atomic E-state index is -0.785. The Labute approximate surface area is 124 Å². The zero-order chi connectivity index (χ0) is 14.7. The van der Waals surface area contributed by atoms with E-state index in [0.717, 1.165) is 15.7 Å². The first-order chi connectivity index (χ1) is 9.47. The minimum Gasteiger partial charge on any atom is -0.326 e. The van der Waals surface area contributed by atoms with Crippen molar-refractivity contribution < 1.29 is 14.4 Å². The van der Waals surface area contributed by atoms with Crippen molar-refractivity contribution in [2.45, 2.75) is 19.8 Å². The molecule has 6 nitrogen and oxygen atoms in total. The van der Waals surface area contributed by atoms with Gasteiger partial charge in [0.05, 0.1) is 0 Å². The van der Waals surface area contributed by atoms with Crippen molar-refractivity contribution in [2.24, 2.45) is 5.92 Å². The Kier molecular flexibility index (Phi) is 4.39. The van der Waals surface area contributed by atoms with Crippen LogP contribution in [-0.4, -0.2) is 17.7 Å². The summed E-state index contributed by atoms with van der Waals surface area (Å²) in [7, 11) is 0. The summed E-state index contributed by atoms with van der Waals surface area (Å²) in [5.74, 6) is -1.78. The SMILES string of the molecule is Cc1cc(Br)ccc1NC(=O)CCC1C(=O)NNC1=O. The largest absolute Gasteiger partial charge is 0.326 e. The number of aryl methyl sites for hydroxylation is 1. The van der Waals surface area contributed by atoms with Crippen molar-refractivity contribution >= 4 is 39.3 Å². The zero-order valence-electron chi connectivity index (χ0n) is 10.8. The molecule has 3 N–H and O–H groups in total. The number of hydrazine groups is 1. The highest BCUT2D eigenvalue weighted by molar-refractivity contribution is 9.10. The molecule has 1 heterocycles. The molecule has 0 spiro atoms. The predicted octanol–water partition coefficient (Wildman–Crippen LogP) is 1.25. The molecule has 0 atom stereocenters. The van der Waals surface area contributed by atoms with Crippen LogP contribution in [0.4, 0.5) is 5.69 Å². The van der Waals surface area contributed by atoms with E-state index >= 15 is 0 Å². The summed E-state index contributed by atoms with van der Waals surface area (Å²) in [5.41, 5.74) is 6.12. The molecule has 0 aromatic heterocycles. The number of rotatable bonds is 4. The number of hydrogen-bond acceptors (Lipinski definition) is 3. The van der Waals surface area contributed by atoms with E-state index in [1.54, 1.807) is 6.07 Å². The fraction of sp³-hybridized carbons (Fsp3) is 0.308. The summed E-state index contributed by atoms with van der Waals surface area (Å²) in [4.78, 5) is 34.5. The molecule has 1 aliphatic heterocycles. The van der Waals surface area contributed by atoms with Gasteiger partial charge in [0.1, 0.15) is 5.92 Å². The highest BCUT2D eigenvalue weighted by atomic mass is 79.9. The molecule has 0 bridgehead atoms. The van der Waals surface area contributed by atoms with Gasteiger partial charge in [-0.1, -0.05) is 15.9 Å². The number of halogens is 1. The number of hydrogen-bond donors (Lipinski definition) is 3. The van der Waals surface area contributed by atoms with Crippen molar-refractivity contribution in [1.29, 1.82) is 0 Å². The van der Waals surface area contributed by atoms with Gasteiger partial charge in [0, 0.05) is 16.6 Å². The molecule has 20 heavy (non-hydrogen) atoms. The van der Waals surface area contributed by atoms with Gasteiger partial charge >= 0.3 is 0 Å². The van der Waals surface area contributed by atoms with E-state index in [1.807, 2.05) is 19.1 Å². The Morgan fingerprint density at radius 3 is 2.55 bits per heavy atom. The van der Waals surface area contributed by atoms with Gasteiger partial charge in [-0.15, -0.1) is 0 Å². The average Bonchev–Trinajstić information content (AvgIpc) is 2.70. The van der Waals surface area contributed by atoms with Gasteiger partial charge in [-0.25, -0.2) is 0 Å². The summed E-state index contributed by atoms with van der Waals surface area (Å²) < 4.78 is 0.937. The molecule has 0 unspecified atom stereocenters. The Morgan fingerprint density at radius 1 is 1.30 bits per heavy atom. The van der Waals surface area contributed by atoms with Crippen LogP contribution < -0.4 is 16.2 Å². The fourth-order valence-electron chi connectivity index (χ4n) is 1.93. The lowest BCUT2D eigenvalue weighted by molar-refractivity contribution is -0.128. The molecule has 1 saturated heterocycles. The van der Waals surface area contributed by atoms with Gasteiger partial charge in [0.25, 0.3) is 11.8 Å². The van der Waals surface area contributed by atoms with Crippen LogP contribution in [0.1, 0.15) is 18.4 Å². The van der Waals surface area contributed by atoms with E-state index in [1.165, 1.54) is 0 Å². The maximum Gasteiger partial charge on any atom is 0.251 e. The third-order valence-corrected chi connectivity index (χ3v) is 3.56. The number of benzene rings is 1. The molecule has 0 aliphatic carbocycles. The van der Waals surface area contributed by atoms with Crippen LogP contribution in [-0.2, 0) is 14.4 Å². The van der Waals surface area contributed by atoms with Crippen LogP contribution in [0.3, 0.4) is 0 Å². The Morgan fingerprint density at radius 2 is 1.95 bits per heavy atom. The first kappa shape index (κ1) is 14.5. The lowest BCUT2D eigenvalue weighted by Gasteiger charge is -2.09. The zero-order valence-corrected chi connectivity index (χ0v) is 12.4. The maximum absolute atomic E-state index is 11.8. The van der Waals surface area contributed by atoms with Gasteiger partial charge in [-0.2, -0.15) is 0 Å². The fourth-order valence-corrected chi connectivity index (χ4v) is 2.41. The lowest BCUT2D eigenvalue weighted by Crippen LogP contribution is -2.28. The molecule has 1 aromatic carbocycles. The molecular formula is C13H14BrN3O3. The van der Waals surface area contributed by atoms with E-state index in [9.17, 15) is 14.4 Å². The van der Waals surface area contributed by atoms with Gasteiger partial charge < -0.3 is 5.32 Å². The normalized spacial score (nSPS) is 14.9. The molecule has 1 aromatic rings. The summed E-state index contributed by atoms with van der Waals surface area (Å²) >= 11 is 3.35. The summed E-state index contributed by atoms with van der Waals surface area (Å²) in [6.07, 6.45) is 0.306. The number of carbonyl (C=O) groups is 3. The second-order valence-corrected chi connectivity index (χ2v) is 5.49. The van der Waals surface area contributed by atoms with Gasteiger partial charge in [0.15, 0.2) is 0 Å². The molecule has 0 saturated carbocycles. The molecule has 3 amide bonds. The highest BCUT2D eigenvalue weighted by Crippen LogP contribution is 2.20. The van der Waals surface area contributed by atoms with Gasteiger partial charge in [-0.05, 0) is 37.1 Å². The van der Waals surface area contributed by atoms with E-state index in [0.29, 0.717) is 0 Å². The number of carbonyl (C=O) groups excluding carboxylic acids is 3.